The molecule has 2 amide bonds. The third-order valence-corrected chi connectivity index (χ3v) is 8.15. The Kier molecular flexibility index (Phi) is 35.4. The zero-order chi connectivity index (χ0) is 54.0. The van der Waals surface area contributed by atoms with Gasteiger partial charge in [-0.05, 0) is 165 Å². The summed E-state index contributed by atoms with van der Waals surface area (Å²) in [7, 11) is 1.58. The molecule has 0 aliphatic carbocycles. The van der Waals surface area contributed by atoms with Crippen molar-refractivity contribution in [2.24, 2.45) is 26.7 Å². The van der Waals surface area contributed by atoms with Gasteiger partial charge in [0, 0.05) is 105 Å². The Hall–Kier alpha value is -11.2. The van der Waals surface area contributed by atoms with Crippen LogP contribution in [0.25, 0.3) is 11.3 Å². The Morgan fingerprint density at radius 3 is 1.76 bits per heavy atom. The summed E-state index contributed by atoms with van der Waals surface area (Å²) in [5, 5.41) is 28.6. The maximum absolute atomic E-state index is 12.4. The van der Waals surface area contributed by atoms with Crippen LogP contribution in [0.2, 0.25) is 0 Å². The van der Waals surface area contributed by atoms with E-state index in [2.05, 4.69) is 238 Å². The summed E-state index contributed by atoms with van der Waals surface area (Å²) in [6.45, 7) is 13.4. The first-order valence-corrected chi connectivity index (χ1v) is 21.9. The number of hydrogen-bond acceptors (Lipinski definition) is 11. The van der Waals surface area contributed by atoms with Crippen molar-refractivity contribution >= 4 is 17.5 Å². The first-order chi connectivity index (χ1) is 36.3. The van der Waals surface area contributed by atoms with E-state index in [-0.39, 0.29) is 34.9 Å². The molecule has 1 aromatic carbocycles. The molecule has 18 nitrogen and oxygen atoms in total. The Bertz CT molecular complexity index is 3220. The van der Waals surface area contributed by atoms with E-state index in [1.807, 2.05) is 30.5 Å². The van der Waals surface area contributed by atoms with Gasteiger partial charge in [-0.25, -0.2) is 9.78 Å². The molecule has 3 aromatic rings. The number of nitrogens with two attached hydrogens (primary N) is 1. The fourth-order valence-corrected chi connectivity index (χ4v) is 5.02. The third-order valence-electron chi connectivity index (χ3n) is 8.15. The summed E-state index contributed by atoms with van der Waals surface area (Å²) in [6.07, 6.45) is 9.96. The number of nitrogens with one attached hydrogen (secondary N) is 4. The number of carbonyl (C=O) groups excluding carboxylic acids is 1. The van der Waals surface area contributed by atoms with Crippen LogP contribution in [0.15, 0.2) is 76.0 Å². The molecule has 0 radical (unpaired) electrons. The van der Waals surface area contributed by atoms with Crippen molar-refractivity contribution in [3.05, 3.63) is 70.8 Å². The van der Waals surface area contributed by atoms with E-state index in [1.54, 1.807) is 39.5 Å². The molecule has 6 N–H and O–H groups in total. The van der Waals surface area contributed by atoms with Crippen molar-refractivity contribution in [1.29, 1.82) is 0 Å². The predicted octanol–water partition coefficient (Wildman–Crippen LogP) is 9.74. The predicted molar refractivity (Wildman–Crippen MR) is 319 cm³/mol. The molecule has 1 unspecified atom stereocenters. The number of ether oxygens (including phenoxy) is 1. The van der Waals surface area contributed by atoms with Gasteiger partial charge in [0.05, 0.1) is 42.0 Å². The summed E-state index contributed by atoms with van der Waals surface area (Å²) in [4.78, 5) is 37.6. The number of urea groups is 1. The van der Waals surface area contributed by atoms with E-state index in [9.17, 15) is 14.9 Å². The fraction of sp³-hybridized carbons (Fsp3) is 0.250. The van der Waals surface area contributed by atoms with E-state index in [4.69, 9.17) is 9.72 Å². The first kappa shape index (κ1) is 60.8. The van der Waals surface area contributed by atoms with Gasteiger partial charge in [-0.3, -0.25) is 9.97 Å². The number of amides is 2. The smallest absolute Gasteiger partial charge is 0.319 e. The number of benzene rings is 1. The SMILES string of the molecule is CC#CC#CC#CC#CC#CC#CC#CC#CC#CC#CC#CC#CC#CC.CCCC(Nc1cncc(-c2ccc(NC(=O)NCCCN(CC)CC)c(OC)c2)n1)c1cccnc1.NN=NN=NN[N+](=O)[O-].[HH].[HH].[HH].[HH].[HH].[HH].[HH].[HH].[HH].[HH].[HH].[HH].[HH].[HH].[HH].[HH]. The van der Waals surface area contributed by atoms with Crippen molar-refractivity contribution in [3.8, 4) is 171 Å². The maximum Gasteiger partial charge on any atom is 0.319 e. The fourth-order valence-electron chi connectivity index (χ4n) is 5.02. The second-order valence-electron chi connectivity index (χ2n) is 13.0. The van der Waals surface area contributed by atoms with Gasteiger partial charge < -0.3 is 41.5 Å². The highest BCUT2D eigenvalue weighted by atomic mass is 16.7. The summed E-state index contributed by atoms with van der Waals surface area (Å²) in [5.74, 6) is 71.3. The second-order valence-corrected chi connectivity index (χ2v) is 13.0. The average molecular weight is 1010 g/mol. The van der Waals surface area contributed by atoms with Gasteiger partial charge in [-0.1, -0.05) is 56.4 Å². The Balaban J connectivity index is -0.0000000671. The first-order valence-electron chi connectivity index (χ1n) is 21.9. The number of hydrazine groups is 1. The van der Waals surface area contributed by atoms with Crippen LogP contribution in [-0.4, -0.2) is 64.2 Å². The highest BCUT2D eigenvalue weighted by Crippen LogP contribution is 2.31. The lowest BCUT2D eigenvalue weighted by Gasteiger charge is -2.19. The molecule has 2 aromatic heterocycles. The second kappa shape index (κ2) is 43.1. The third kappa shape index (κ3) is 31.7. The number of anilines is 2. The van der Waals surface area contributed by atoms with Crippen LogP contribution >= 0.6 is 0 Å². The van der Waals surface area contributed by atoms with Crippen molar-refractivity contribution < 1.29 is 37.4 Å². The van der Waals surface area contributed by atoms with Crippen LogP contribution in [-0.2, 0) is 0 Å². The van der Waals surface area contributed by atoms with E-state index in [0.717, 1.165) is 50.0 Å². The summed E-state index contributed by atoms with van der Waals surface area (Å²) in [6, 6.07) is 9.42. The minimum absolute atomic E-state index is 0. The molecule has 0 fully saturated rings. The van der Waals surface area contributed by atoms with Crippen LogP contribution in [0, 0.1) is 164 Å². The van der Waals surface area contributed by atoms with Crippen LogP contribution in [0.5, 0.6) is 5.75 Å². The number of methoxy groups -OCH3 is 1. The topological polar surface area (TPSA) is 235 Å². The van der Waals surface area contributed by atoms with E-state index in [1.165, 1.54) is 5.53 Å². The molecule has 1 atom stereocenters. The largest absolute Gasteiger partial charge is 0.495 e. The van der Waals surface area contributed by atoms with Gasteiger partial charge in [-0.2, -0.15) is 0 Å². The van der Waals surface area contributed by atoms with Gasteiger partial charge in [0.1, 0.15) is 16.8 Å². The molecule has 0 bridgehead atoms. The van der Waals surface area contributed by atoms with Gasteiger partial charge >= 0.3 is 6.03 Å². The number of aromatic nitrogens is 3. The minimum atomic E-state index is -0.907. The van der Waals surface area contributed by atoms with Crippen LogP contribution in [0.3, 0.4) is 0 Å². The average Bonchev–Trinajstić information content (AvgIpc) is 3.41. The van der Waals surface area contributed by atoms with E-state index >= 15 is 0 Å². The van der Waals surface area contributed by atoms with Gasteiger partial charge in [-0.15, -0.1) is 0 Å². The summed E-state index contributed by atoms with van der Waals surface area (Å²) in [5.41, 5.74) is 4.60. The van der Waals surface area contributed by atoms with Crippen LogP contribution < -0.4 is 32.1 Å². The normalized spacial score (nSPS) is 8.64. The molecule has 18 heteroatoms. The lowest BCUT2D eigenvalue weighted by molar-refractivity contribution is -0.546. The molecular formula is C56H80N14O4. The number of carbonyl (C=O) groups is 1. The zero-order valence-electron chi connectivity index (χ0n) is 41.5. The molecule has 74 heavy (non-hydrogen) atoms. The quantitative estimate of drug-likeness (QED) is 0.0213. The summed E-state index contributed by atoms with van der Waals surface area (Å²) >= 11 is 0. The van der Waals surface area contributed by atoms with Crippen molar-refractivity contribution in [1.82, 2.24) is 30.7 Å². The van der Waals surface area contributed by atoms with Crippen molar-refractivity contribution in [2.75, 3.05) is 43.9 Å². The molecule has 0 saturated heterocycles. The highest BCUT2D eigenvalue weighted by Gasteiger charge is 2.14. The van der Waals surface area contributed by atoms with Gasteiger partial charge in [0.25, 0.3) is 0 Å². The molecule has 0 spiro atoms. The van der Waals surface area contributed by atoms with E-state index in [0.29, 0.717) is 29.5 Å². The molecule has 2 heterocycles. The molecule has 0 aliphatic heterocycles. The molecule has 0 saturated carbocycles. The highest BCUT2D eigenvalue weighted by molar-refractivity contribution is 5.91. The lowest BCUT2D eigenvalue weighted by Crippen LogP contribution is -2.32. The van der Waals surface area contributed by atoms with Crippen LogP contribution in [0.1, 0.15) is 88.3 Å². The van der Waals surface area contributed by atoms with Crippen molar-refractivity contribution in [2.45, 2.75) is 59.9 Å². The van der Waals surface area contributed by atoms with Crippen molar-refractivity contribution in [3.63, 3.8) is 0 Å². The monoisotopic (exact) mass is 1010 g/mol. The van der Waals surface area contributed by atoms with Crippen LogP contribution in [0.4, 0.5) is 16.3 Å². The maximum atomic E-state index is 12.4. The zero-order valence-corrected chi connectivity index (χ0v) is 41.5. The molecule has 398 valence electrons. The number of pyridine rings is 1. The number of nitro groups is 1. The van der Waals surface area contributed by atoms with Gasteiger partial charge in [0.2, 0.25) is 0 Å². The molecular weight excluding hydrogens is 933 g/mol. The number of nitrogens with zero attached hydrogens (tertiary/aromatic N) is 9. The summed E-state index contributed by atoms with van der Waals surface area (Å²) < 4.78 is 5.56. The van der Waals surface area contributed by atoms with Gasteiger partial charge in [0.15, 0.2) is 5.22 Å². The lowest BCUT2D eigenvalue weighted by atomic mass is 10.0. The molecule has 3 rings (SSSR count). The standard InChI is InChI=1S/C28H39N7O2.C28H6.H3N7O2.16H2/c1-5-10-23(22-11-8-14-29-18-22)32-27-20-30-19-25(33-27)21-12-13-24(26(17-21)37-4)34-28(36)31-15-9-16-35(6-2)7-3;1-3-5-7-9-11-13-15-17-19-21-23-25-27-28-26-24-22-20-18-16-14-12-10-8-6-4-2;1-2-3-4-5-6-7(8)9;;;;;;;;;;;;;;;;/h8,11-14,17-20,23H,5-7,9-10,15-16H2,1-4H3,(H,32,33)(H2,31,34,36);1-2H3;(H2,1,3,5)(H,2,4,6);16*1H. The Labute approximate surface area is 457 Å². The Morgan fingerprint density at radius 2 is 1.31 bits per heavy atom. The Morgan fingerprint density at radius 1 is 0.770 bits per heavy atom. The molecule has 0 aliphatic rings. The number of rotatable bonds is 17. The van der Waals surface area contributed by atoms with E-state index < -0.39 is 5.03 Å². The number of hydrogen-bond donors (Lipinski definition) is 5. The minimum Gasteiger partial charge on any atom is -0.495 e.